The molecule has 2 bridgehead atoms. The molecule has 1 spiro atoms. The molecule has 5 rings (SSSR count). The van der Waals surface area contributed by atoms with Gasteiger partial charge in [-0.2, -0.15) is 0 Å². The van der Waals surface area contributed by atoms with Crippen LogP contribution in [0.4, 0.5) is 0 Å². The van der Waals surface area contributed by atoms with Crippen LogP contribution in [-0.4, -0.2) is 102 Å². The van der Waals surface area contributed by atoms with Gasteiger partial charge in [0.2, 0.25) is 17.7 Å². The number of carbonyl (C=O) groups excluding carboxylic acids is 3. The summed E-state index contributed by atoms with van der Waals surface area (Å²) >= 11 is 1.62. The Hall–Kier alpha value is -3.18. The van der Waals surface area contributed by atoms with Gasteiger partial charge >= 0.3 is 0 Å². The van der Waals surface area contributed by atoms with Gasteiger partial charge in [0.25, 0.3) is 0 Å². The third kappa shape index (κ3) is 3.86. The van der Waals surface area contributed by atoms with E-state index in [2.05, 4.69) is 30.4 Å². The Kier molecular flexibility index (Phi) is 7.08. The first-order valence-corrected chi connectivity index (χ1v) is 13.8. The Morgan fingerprint density at radius 3 is 2.68 bits per heavy atom. The Labute approximate surface area is 226 Å². The molecule has 11 heteroatoms. The zero-order valence-corrected chi connectivity index (χ0v) is 22.6. The summed E-state index contributed by atoms with van der Waals surface area (Å²) in [5.41, 5.74) is 1.51. The molecule has 3 aliphatic rings. The van der Waals surface area contributed by atoms with Gasteiger partial charge in [0.15, 0.2) is 0 Å². The fourth-order valence-electron chi connectivity index (χ4n) is 6.70. The number of carbonyl (C=O) groups is 3. The third-order valence-corrected chi connectivity index (χ3v) is 10.3. The predicted octanol–water partition coefficient (Wildman–Crippen LogP) is 1.38. The molecule has 38 heavy (non-hydrogen) atoms. The maximum absolute atomic E-state index is 14.4. The Bertz CT molecular complexity index is 1280. The molecule has 0 radical (unpaired) electrons. The standard InChI is InChI=1S/C27H34N6O4S/c1-5-11-30(4)24(35)21-20-15-17(3)27(38-20)22(21)25(36)32(13-14-34)23(27)26(37)31(12-6-2)16-33-19-10-8-7-9-18(19)28-29-33/h5-10,17,20-23,34H,1-2,11-16H2,3-4H3/t17?,20-,21+,22+,23?,27?/m1/s1. The molecule has 1 aromatic carbocycles. The van der Waals surface area contributed by atoms with Crippen LogP contribution >= 0.6 is 11.8 Å². The topological polar surface area (TPSA) is 112 Å². The zero-order valence-electron chi connectivity index (χ0n) is 21.8. The van der Waals surface area contributed by atoms with Gasteiger partial charge < -0.3 is 19.8 Å². The molecule has 0 aliphatic carbocycles. The number of β-amino-alcohol motifs (C(OH)–C–C–N with tert-alkyl or cyclic N) is 1. The van der Waals surface area contributed by atoms with E-state index in [1.165, 1.54) is 4.90 Å². The lowest BCUT2D eigenvalue weighted by Gasteiger charge is -2.40. The third-order valence-electron chi connectivity index (χ3n) is 8.27. The van der Waals surface area contributed by atoms with E-state index in [0.29, 0.717) is 6.54 Å². The smallest absolute Gasteiger partial charge is 0.248 e. The first-order valence-electron chi connectivity index (χ1n) is 12.9. The van der Waals surface area contributed by atoms with Crippen LogP contribution in [0.25, 0.3) is 11.0 Å². The van der Waals surface area contributed by atoms with E-state index >= 15 is 0 Å². The SMILES string of the molecule is C=CCN(C)C(=O)[C@@H]1[C@H]2C(=O)N(CCO)C(C(=O)N(CC=C)Cn3nnc4ccccc43)C23S[C@@H]1CC3C. The highest BCUT2D eigenvalue weighted by Crippen LogP contribution is 2.68. The number of aliphatic hydroxyl groups is 1. The number of fused-ring (bicyclic) bond motifs is 2. The average Bonchev–Trinajstić information content (AvgIpc) is 3.61. The quantitative estimate of drug-likeness (QED) is 0.455. The van der Waals surface area contributed by atoms with Crippen molar-refractivity contribution in [2.45, 2.75) is 36.1 Å². The second-order valence-electron chi connectivity index (χ2n) is 10.4. The van der Waals surface area contributed by atoms with Crippen molar-refractivity contribution >= 4 is 40.5 Å². The van der Waals surface area contributed by atoms with Crippen molar-refractivity contribution in [3.05, 3.63) is 49.6 Å². The molecule has 1 N–H and O–H groups in total. The molecule has 4 heterocycles. The summed E-state index contributed by atoms with van der Waals surface area (Å²) in [7, 11) is 1.72. The predicted molar refractivity (Wildman–Crippen MR) is 145 cm³/mol. The summed E-state index contributed by atoms with van der Waals surface area (Å²) < 4.78 is 0.908. The number of nitrogens with zero attached hydrogens (tertiary/aromatic N) is 6. The average molecular weight is 539 g/mol. The molecule has 3 aliphatic heterocycles. The monoisotopic (exact) mass is 538 g/mol. The number of rotatable bonds is 10. The highest BCUT2D eigenvalue weighted by atomic mass is 32.2. The number of aromatic nitrogens is 3. The van der Waals surface area contributed by atoms with Crippen LogP contribution in [0.2, 0.25) is 0 Å². The molecule has 3 amide bonds. The van der Waals surface area contributed by atoms with Crippen LogP contribution in [0.3, 0.4) is 0 Å². The molecule has 2 aromatic rings. The van der Waals surface area contributed by atoms with Gasteiger partial charge in [0.05, 0.1) is 28.7 Å². The largest absolute Gasteiger partial charge is 0.395 e. The molecule has 3 unspecified atom stereocenters. The van der Waals surface area contributed by atoms with Crippen molar-refractivity contribution in [2.24, 2.45) is 17.8 Å². The lowest BCUT2D eigenvalue weighted by atomic mass is 9.65. The Balaban J connectivity index is 1.53. The molecule has 3 fully saturated rings. The van der Waals surface area contributed by atoms with E-state index in [9.17, 15) is 19.5 Å². The van der Waals surface area contributed by atoms with Gasteiger partial charge in [0, 0.05) is 31.9 Å². The highest BCUT2D eigenvalue weighted by Gasteiger charge is 2.76. The fourth-order valence-corrected chi connectivity index (χ4v) is 9.11. The summed E-state index contributed by atoms with van der Waals surface area (Å²) in [5, 5.41) is 18.3. The Morgan fingerprint density at radius 1 is 1.24 bits per heavy atom. The van der Waals surface area contributed by atoms with Gasteiger partial charge in [-0.25, -0.2) is 4.68 Å². The number of benzene rings is 1. The number of aliphatic hydroxyl groups excluding tert-OH is 1. The van der Waals surface area contributed by atoms with Crippen molar-refractivity contribution in [3.8, 4) is 0 Å². The maximum atomic E-state index is 14.4. The molecular formula is C27H34N6O4S. The van der Waals surface area contributed by atoms with Crippen LogP contribution in [0.15, 0.2) is 49.6 Å². The van der Waals surface area contributed by atoms with E-state index in [1.807, 2.05) is 24.3 Å². The molecule has 0 saturated carbocycles. The van der Waals surface area contributed by atoms with Gasteiger partial charge in [-0.1, -0.05) is 36.4 Å². The van der Waals surface area contributed by atoms with Crippen LogP contribution in [-0.2, 0) is 21.1 Å². The van der Waals surface area contributed by atoms with Crippen LogP contribution in [0.1, 0.15) is 13.3 Å². The van der Waals surface area contributed by atoms with Gasteiger partial charge in [0.1, 0.15) is 18.2 Å². The number of likely N-dealkylation sites (N-methyl/N-ethyl adjacent to an activating group) is 1. The minimum absolute atomic E-state index is 0.0308. The molecule has 6 atom stereocenters. The molecule has 202 valence electrons. The second kappa shape index (κ2) is 10.2. The van der Waals surface area contributed by atoms with Crippen molar-refractivity contribution in [1.82, 2.24) is 29.7 Å². The fraction of sp³-hybridized carbons (Fsp3) is 0.519. The van der Waals surface area contributed by atoms with E-state index in [1.54, 1.807) is 45.4 Å². The summed E-state index contributed by atoms with van der Waals surface area (Å²) in [6, 6.07) is 6.71. The van der Waals surface area contributed by atoms with Gasteiger partial charge in [-0.3, -0.25) is 14.4 Å². The van der Waals surface area contributed by atoms with Gasteiger partial charge in [-0.15, -0.1) is 30.0 Å². The van der Waals surface area contributed by atoms with E-state index in [0.717, 1.165) is 17.5 Å². The molecule has 10 nitrogen and oxygen atoms in total. The lowest BCUT2D eigenvalue weighted by molar-refractivity contribution is -0.145. The van der Waals surface area contributed by atoms with E-state index < -0.39 is 22.6 Å². The first-order chi connectivity index (χ1) is 18.3. The highest BCUT2D eigenvalue weighted by molar-refractivity contribution is 8.02. The summed E-state index contributed by atoms with van der Waals surface area (Å²) in [4.78, 5) is 46.7. The van der Waals surface area contributed by atoms with Crippen molar-refractivity contribution in [3.63, 3.8) is 0 Å². The first kappa shape index (κ1) is 26.4. The summed E-state index contributed by atoms with van der Waals surface area (Å²) in [5.74, 6) is -1.66. The molecular weight excluding hydrogens is 504 g/mol. The summed E-state index contributed by atoms with van der Waals surface area (Å²) in [6.45, 7) is 10.2. The minimum Gasteiger partial charge on any atom is -0.395 e. The van der Waals surface area contributed by atoms with Gasteiger partial charge in [-0.05, 0) is 24.5 Å². The lowest BCUT2D eigenvalue weighted by Crippen LogP contribution is -2.57. The van der Waals surface area contributed by atoms with Crippen molar-refractivity contribution in [1.29, 1.82) is 0 Å². The number of amides is 3. The number of para-hydroxylation sites is 1. The van der Waals surface area contributed by atoms with Crippen LogP contribution < -0.4 is 0 Å². The normalized spacial score (nSPS) is 29.5. The zero-order chi connectivity index (χ0) is 27.2. The van der Waals surface area contributed by atoms with E-state index in [-0.39, 0.29) is 55.3 Å². The number of thioether (sulfide) groups is 1. The van der Waals surface area contributed by atoms with Crippen molar-refractivity contribution in [2.75, 3.05) is 33.3 Å². The number of hydrogen-bond acceptors (Lipinski definition) is 7. The Morgan fingerprint density at radius 2 is 1.97 bits per heavy atom. The molecule has 3 saturated heterocycles. The number of likely N-dealkylation sites (tertiary alicyclic amines) is 1. The molecule has 1 aromatic heterocycles. The van der Waals surface area contributed by atoms with Crippen LogP contribution in [0.5, 0.6) is 0 Å². The summed E-state index contributed by atoms with van der Waals surface area (Å²) in [6.07, 6.45) is 4.07. The van der Waals surface area contributed by atoms with Crippen LogP contribution in [0, 0.1) is 17.8 Å². The van der Waals surface area contributed by atoms with Crippen molar-refractivity contribution < 1.29 is 19.5 Å². The maximum Gasteiger partial charge on any atom is 0.248 e. The van der Waals surface area contributed by atoms with E-state index in [4.69, 9.17) is 0 Å². The number of hydrogen-bond donors (Lipinski definition) is 1. The second-order valence-corrected chi connectivity index (χ2v) is 11.9. The minimum atomic E-state index is -0.811.